The van der Waals surface area contributed by atoms with Crippen LogP contribution in [0.3, 0.4) is 0 Å². The Balaban J connectivity index is 2.36. The van der Waals surface area contributed by atoms with Crippen molar-refractivity contribution in [2.24, 2.45) is 17.8 Å². The van der Waals surface area contributed by atoms with Crippen molar-refractivity contribution in [3.05, 3.63) is 0 Å². The van der Waals surface area contributed by atoms with Crippen molar-refractivity contribution >= 4 is 11.8 Å². The number of aliphatic hydroxyl groups excluding tert-OH is 1. The Hall–Kier alpha value is -0.900. The quantitative estimate of drug-likeness (QED) is 0.481. The van der Waals surface area contributed by atoms with Crippen LogP contribution in [0.1, 0.15) is 90.9 Å². The van der Waals surface area contributed by atoms with Crippen LogP contribution in [0, 0.1) is 17.8 Å². The lowest BCUT2D eigenvalue weighted by Gasteiger charge is -2.27. The van der Waals surface area contributed by atoms with E-state index >= 15 is 0 Å². The Kier molecular flexibility index (Phi) is 10.2. The summed E-state index contributed by atoms with van der Waals surface area (Å²) in [5.41, 5.74) is 0. The second-order valence-electron chi connectivity index (χ2n) is 7.59. The molecule has 0 heterocycles. The van der Waals surface area contributed by atoms with Gasteiger partial charge in [0.15, 0.2) is 0 Å². The lowest BCUT2D eigenvalue weighted by atomic mass is 9.78. The summed E-state index contributed by atoms with van der Waals surface area (Å²) in [6.07, 6.45) is 10.5. The molecule has 0 spiro atoms. The van der Waals surface area contributed by atoms with Gasteiger partial charge in [0.25, 0.3) is 0 Å². The maximum absolute atomic E-state index is 12.2. The summed E-state index contributed by atoms with van der Waals surface area (Å²) in [6.45, 7) is 4.40. The lowest BCUT2D eigenvalue weighted by molar-refractivity contribution is -0.137. The van der Waals surface area contributed by atoms with Gasteiger partial charge in [-0.05, 0) is 24.7 Å². The maximum Gasteiger partial charge on any atom is 0.303 e. The van der Waals surface area contributed by atoms with Crippen LogP contribution in [-0.2, 0) is 9.59 Å². The first-order chi connectivity index (χ1) is 11.5. The number of hydrogen-bond donors (Lipinski definition) is 2. The molecule has 1 aliphatic carbocycles. The number of unbranched alkanes of at least 4 members (excludes halogenated alkanes) is 6. The number of rotatable bonds is 13. The number of Topliss-reactive ketones (excluding diaryl/α,β-unsaturated/α-hetero) is 1. The highest BCUT2D eigenvalue weighted by Gasteiger charge is 2.43. The van der Waals surface area contributed by atoms with E-state index in [2.05, 4.69) is 13.8 Å². The Morgan fingerprint density at radius 2 is 1.79 bits per heavy atom. The van der Waals surface area contributed by atoms with Crippen LogP contribution < -0.4 is 0 Å². The van der Waals surface area contributed by atoms with Gasteiger partial charge in [0.05, 0.1) is 6.10 Å². The summed E-state index contributed by atoms with van der Waals surface area (Å²) in [4.78, 5) is 22.7. The highest BCUT2D eigenvalue weighted by Crippen LogP contribution is 2.39. The van der Waals surface area contributed by atoms with Crippen molar-refractivity contribution in [1.82, 2.24) is 0 Å². The fourth-order valence-corrected chi connectivity index (χ4v) is 4.19. The Labute approximate surface area is 147 Å². The van der Waals surface area contributed by atoms with Gasteiger partial charge in [-0.1, -0.05) is 65.2 Å². The smallest absolute Gasteiger partial charge is 0.303 e. The fraction of sp³-hybridized carbons (Fsp3) is 0.900. The first-order valence-corrected chi connectivity index (χ1v) is 9.90. The van der Waals surface area contributed by atoms with Crippen molar-refractivity contribution in [3.63, 3.8) is 0 Å². The minimum Gasteiger partial charge on any atom is -0.481 e. The van der Waals surface area contributed by atoms with Crippen LogP contribution in [0.5, 0.6) is 0 Å². The second-order valence-corrected chi connectivity index (χ2v) is 7.59. The van der Waals surface area contributed by atoms with Crippen LogP contribution >= 0.6 is 0 Å². The molecule has 1 rings (SSSR count). The fourth-order valence-electron chi connectivity index (χ4n) is 4.19. The molecule has 1 saturated carbocycles. The number of carbonyl (C=O) groups excluding carboxylic acids is 1. The second kappa shape index (κ2) is 11.6. The third-order valence-electron chi connectivity index (χ3n) is 5.56. The predicted molar refractivity (Wildman–Crippen MR) is 95.9 cm³/mol. The highest BCUT2D eigenvalue weighted by atomic mass is 16.4. The van der Waals surface area contributed by atoms with E-state index < -0.39 is 12.1 Å². The summed E-state index contributed by atoms with van der Waals surface area (Å²) >= 11 is 0. The van der Waals surface area contributed by atoms with E-state index in [1.807, 2.05) is 0 Å². The summed E-state index contributed by atoms with van der Waals surface area (Å²) in [5, 5.41) is 19.0. The number of carboxylic acids is 1. The predicted octanol–water partition coefficient (Wildman–Crippen LogP) is 4.58. The normalized spacial score (nSPS) is 25.1. The molecular weight excluding hydrogens is 304 g/mol. The number of carbonyl (C=O) groups is 2. The molecule has 4 atom stereocenters. The molecule has 0 aromatic carbocycles. The average Bonchev–Trinajstić information content (AvgIpc) is 2.80. The van der Waals surface area contributed by atoms with Crippen molar-refractivity contribution in [3.8, 4) is 0 Å². The van der Waals surface area contributed by atoms with Gasteiger partial charge in [0, 0.05) is 18.8 Å². The van der Waals surface area contributed by atoms with E-state index in [-0.39, 0.29) is 24.0 Å². The Morgan fingerprint density at radius 1 is 1.12 bits per heavy atom. The summed E-state index contributed by atoms with van der Waals surface area (Å²) in [6, 6.07) is 0. The van der Waals surface area contributed by atoms with E-state index in [9.17, 15) is 14.7 Å². The molecule has 0 amide bonds. The number of ketones is 1. The minimum atomic E-state index is -0.735. The topological polar surface area (TPSA) is 74.6 Å². The lowest BCUT2D eigenvalue weighted by Crippen LogP contribution is -2.27. The summed E-state index contributed by atoms with van der Waals surface area (Å²) < 4.78 is 0. The molecule has 0 aromatic rings. The number of aliphatic hydroxyl groups is 1. The largest absolute Gasteiger partial charge is 0.481 e. The summed E-state index contributed by atoms with van der Waals surface area (Å²) in [7, 11) is 0. The highest BCUT2D eigenvalue weighted by molar-refractivity contribution is 5.84. The zero-order valence-electron chi connectivity index (χ0n) is 15.5. The van der Waals surface area contributed by atoms with Gasteiger partial charge in [-0.25, -0.2) is 0 Å². The molecule has 1 fully saturated rings. The SMILES string of the molecule is CCCCCCC(C)[C@@H]1[C@H](O)CC(=O)[C@@H]1CCCCCCC(=O)O. The zero-order chi connectivity index (χ0) is 17.9. The monoisotopic (exact) mass is 340 g/mol. The molecule has 1 unspecified atom stereocenters. The molecule has 4 nitrogen and oxygen atoms in total. The van der Waals surface area contributed by atoms with Gasteiger partial charge in [0.1, 0.15) is 5.78 Å². The van der Waals surface area contributed by atoms with Gasteiger partial charge >= 0.3 is 5.97 Å². The van der Waals surface area contributed by atoms with E-state index in [4.69, 9.17) is 5.11 Å². The number of aliphatic carboxylic acids is 1. The first kappa shape index (κ1) is 21.1. The molecule has 140 valence electrons. The van der Waals surface area contributed by atoms with Crippen LogP contribution in [0.25, 0.3) is 0 Å². The molecule has 4 heteroatoms. The van der Waals surface area contributed by atoms with Crippen LogP contribution in [0.2, 0.25) is 0 Å². The average molecular weight is 341 g/mol. The first-order valence-electron chi connectivity index (χ1n) is 9.90. The molecule has 0 aromatic heterocycles. The third-order valence-corrected chi connectivity index (χ3v) is 5.56. The van der Waals surface area contributed by atoms with Crippen molar-refractivity contribution < 1.29 is 19.8 Å². The molecule has 0 aliphatic heterocycles. The van der Waals surface area contributed by atoms with E-state index in [0.29, 0.717) is 18.8 Å². The van der Waals surface area contributed by atoms with Crippen molar-refractivity contribution in [2.75, 3.05) is 0 Å². The molecule has 2 N–H and O–H groups in total. The van der Waals surface area contributed by atoms with Gasteiger partial charge in [-0.3, -0.25) is 9.59 Å². The minimum absolute atomic E-state index is 0.0145. The van der Waals surface area contributed by atoms with E-state index in [0.717, 1.165) is 32.1 Å². The van der Waals surface area contributed by atoms with Crippen LogP contribution in [-0.4, -0.2) is 28.1 Å². The van der Waals surface area contributed by atoms with Crippen LogP contribution in [0.15, 0.2) is 0 Å². The molecule has 0 saturated heterocycles. The van der Waals surface area contributed by atoms with E-state index in [1.54, 1.807) is 0 Å². The Morgan fingerprint density at radius 3 is 2.46 bits per heavy atom. The maximum atomic E-state index is 12.2. The van der Waals surface area contributed by atoms with E-state index in [1.165, 1.54) is 25.7 Å². The van der Waals surface area contributed by atoms with Gasteiger partial charge in [0.2, 0.25) is 0 Å². The van der Waals surface area contributed by atoms with Crippen LogP contribution in [0.4, 0.5) is 0 Å². The van der Waals surface area contributed by atoms with Gasteiger partial charge in [-0.2, -0.15) is 0 Å². The molecule has 24 heavy (non-hydrogen) atoms. The molecule has 0 radical (unpaired) electrons. The van der Waals surface area contributed by atoms with Gasteiger partial charge in [-0.15, -0.1) is 0 Å². The number of hydrogen-bond acceptors (Lipinski definition) is 3. The van der Waals surface area contributed by atoms with Crippen molar-refractivity contribution in [2.45, 2.75) is 97.0 Å². The van der Waals surface area contributed by atoms with Gasteiger partial charge < -0.3 is 10.2 Å². The Bertz CT molecular complexity index is 380. The molecular formula is C20H36O4. The number of carboxylic acid groups (broad SMARTS) is 1. The third kappa shape index (κ3) is 7.33. The zero-order valence-corrected chi connectivity index (χ0v) is 15.5. The molecule has 1 aliphatic rings. The molecule has 0 bridgehead atoms. The summed E-state index contributed by atoms with van der Waals surface area (Å²) in [5.74, 6) is 0.0404. The van der Waals surface area contributed by atoms with Crippen molar-refractivity contribution in [1.29, 1.82) is 0 Å². The standard InChI is InChI=1S/C20H36O4/c1-3-4-5-8-11-15(2)20-16(17(21)14-18(20)22)12-9-6-7-10-13-19(23)24/h15-16,18,20,22H,3-14H2,1-2H3,(H,23,24)/t15?,16-,18+,20-/m0/s1.